The number of aliphatic imine (C=N–C) groups is 1. The van der Waals surface area contributed by atoms with Crippen molar-refractivity contribution in [1.29, 1.82) is 0 Å². The lowest BCUT2D eigenvalue weighted by Crippen LogP contribution is -2.37. The Kier molecular flexibility index (Phi) is 6.78. The van der Waals surface area contributed by atoms with Crippen LogP contribution in [0.25, 0.3) is 10.6 Å². The number of ether oxygens (including phenoxy) is 1. The van der Waals surface area contributed by atoms with Gasteiger partial charge >= 0.3 is 0 Å². The van der Waals surface area contributed by atoms with E-state index >= 15 is 0 Å². The van der Waals surface area contributed by atoms with Crippen LogP contribution in [0.4, 0.5) is 0 Å². The minimum atomic E-state index is 0.628. The lowest BCUT2D eigenvalue weighted by molar-refractivity contribution is 0.415. The van der Waals surface area contributed by atoms with Gasteiger partial charge in [0.2, 0.25) is 0 Å². The van der Waals surface area contributed by atoms with Crippen LogP contribution in [-0.4, -0.2) is 36.6 Å². The first kappa shape index (κ1) is 19.3. The van der Waals surface area contributed by atoms with Crippen molar-refractivity contribution in [3.63, 3.8) is 0 Å². The maximum atomic E-state index is 5.20. The predicted molar refractivity (Wildman–Crippen MR) is 113 cm³/mol. The molecular formula is C19H23N5OS2. The van der Waals surface area contributed by atoms with Gasteiger partial charge in [0.05, 0.1) is 24.4 Å². The lowest BCUT2D eigenvalue weighted by Gasteiger charge is -2.10. The van der Waals surface area contributed by atoms with Gasteiger partial charge in [-0.2, -0.15) is 0 Å². The highest BCUT2D eigenvalue weighted by Gasteiger charge is 2.06. The average Bonchev–Trinajstić information content (AvgIpc) is 3.33. The zero-order valence-corrected chi connectivity index (χ0v) is 17.3. The van der Waals surface area contributed by atoms with Crippen LogP contribution in [0.1, 0.15) is 15.6 Å². The molecule has 2 aromatic heterocycles. The number of hydrogen-bond acceptors (Lipinski definition) is 6. The minimum Gasteiger partial charge on any atom is -0.497 e. The molecule has 27 heavy (non-hydrogen) atoms. The van der Waals surface area contributed by atoms with Crippen molar-refractivity contribution in [2.24, 2.45) is 4.99 Å². The number of thiazole rings is 2. The molecule has 0 fully saturated rings. The van der Waals surface area contributed by atoms with Gasteiger partial charge in [-0.1, -0.05) is 0 Å². The van der Waals surface area contributed by atoms with Gasteiger partial charge in [-0.15, -0.1) is 22.7 Å². The molecule has 0 unspecified atom stereocenters. The normalized spacial score (nSPS) is 11.4. The molecule has 0 aliphatic carbocycles. The summed E-state index contributed by atoms with van der Waals surface area (Å²) in [5, 5.41) is 10.8. The third kappa shape index (κ3) is 5.51. The summed E-state index contributed by atoms with van der Waals surface area (Å²) < 4.78 is 5.20. The first-order valence-electron chi connectivity index (χ1n) is 8.62. The molecular weight excluding hydrogens is 378 g/mol. The Labute approximate surface area is 167 Å². The average molecular weight is 402 g/mol. The van der Waals surface area contributed by atoms with Crippen molar-refractivity contribution in [2.75, 3.05) is 20.7 Å². The second-order valence-corrected chi connectivity index (χ2v) is 8.02. The van der Waals surface area contributed by atoms with E-state index in [1.54, 1.807) is 36.8 Å². The Balaban J connectivity index is 1.48. The zero-order valence-electron chi connectivity index (χ0n) is 15.7. The van der Waals surface area contributed by atoms with Crippen LogP contribution in [-0.2, 0) is 13.0 Å². The third-order valence-corrected chi connectivity index (χ3v) is 5.76. The topological polar surface area (TPSA) is 71.4 Å². The number of nitrogens with zero attached hydrogens (tertiary/aromatic N) is 3. The summed E-state index contributed by atoms with van der Waals surface area (Å²) in [6, 6.07) is 7.94. The van der Waals surface area contributed by atoms with Gasteiger partial charge in [-0.25, -0.2) is 9.97 Å². The second kappa shape index (κ2) is 9.48. The summed E-state index contributed by atoms with van der Waals surface area (Å²) in [6.45, 7) is 3.49. The number of hydrogen-bond donors (Lipinski definition) is 2. The molecule has 8 heteroatoms. The molecule has 3 rings (SSSR count). The number of aromatic nitrogens is 2. The standard InChI is InChI=1S/C19H23N5OS2/c1-13-10-22-17(27-13)8-9-21-19(20-2)23-11-15-12-26-18(24-15)14-4-6-16(25-3)7-5-14/h4-7,10,12H,8-9,11H2,1-3H3,(H2,20,21,23). The number of rotatable bonds is 7. The van der Waals surface area contributed by atoms with E-state index in [1.807, 2.05) is 30.5 Å². The largest absolute Gasteiger partial charge is 0.497 e. The van der Waals surface area contributed by atoms with Crippen LogP contribution < -0.4 is 15.4 Å². The molecule has 2 N–H and O–H groups in total. The van der Waals surface area contributed by atoms with Gasteiger partial charge in [0.15, 0.2) is 5.96 Å². The minimum absolute atomic E-state index is 0.628. The number of guanidine groups is 1. The molecule has 0 radical (unpaired) electrons. The summed E-state index contributed by atoms with van der Waals surface area (Å²) in [5.41, 5.74) is 2.08. The molecule has 1 aromatic carbocycles. The highest BCUT2D eigenvalue weighted by atomic mass is 32.1. The molecule has 0 saturated heterocycles. The third-order valence-electron chi connectivity index (χ3n) is 3.85. The molecule has 0 aliphatic heterocycles. The van der Waals surface area contributed by atoms with Crippen molar-refractivity contribution in [3.05, 3.63) is 51.4 Å². The van der Waals surface area contributed by atoms with Crippen LogP contribution in [0.2, 0.25) is 0 Å². The molecule has 2 heterocycles. The fourth-order valence-corrected chi connectivity index (χ4v) is 4.07. The quantitative estimate of drug-likeness (QED) is 0.468. The second-order valence-electron chi connectivity index (χ2n) is 5.84. The monoisotopic (exact) mass is 401 g/mol. The van der Waals surface area contributed by atoms with Crippen molar-refractivity contribution in [1.82, 2.24) is 20.6 Å². The SMILES string of the molecule is CN=C(NCCc1ncc(C)s1)NCc1csc(-c2ccc(OC)cc2)n1. The van der Waals surface area contributed by atoms with E-state index in [-0.39, 0.29) is 0 Å². The van der Waals surface area contributed by atoms with E-state index in [9.17, 15) is 0 Å². The lowest BCUT2D eigenvalue weighted by atomic mass is 10.2. The summed E-state index contributed by atoms with van der Waals surface area (Å²) in [4.78, 5) is 14.6. The summed E-state index contributed by atoms with van der Waals surface area (Å²) in [7, 11) is 3.44. The van der Waals surface area contributed by atoms with Gasteiger partial charge < -0.3 is 15.4 Å². The van der Waals surface area contributed by atoms with Crippen LogP contribution >= 0.6 is 22.7 Å². The fourth-order valence-electron chi connectivity index (χ4n) is 2.45. The van der Waals surface area contributed by atoms with Gasteiger partial charge in [-0.05, 0) is 31.2 Å². The highest BCUT2D eigenvalue weighted by molar-refractivity contribution is 7.13. The number of aryl methyl sites for hydroxylation is 1. The van der Waals surface area contributed by atoms with Gasteiger partial charge in [0.1, 0.15) is 10.8 Å². The molecule has 0 atom stereocenters. The summed E-state index contributed by atoms with van der Waals surface area (Å²) in [5.74, 6) is 1.61. The molecule has 6 nitrogen and oxygen atoms in total. The molecule has 0 bridgehead atoms. The first-order valence-corrected chi connectivity index (χ1v) is 10.3. The van der Waals surface area contributed by atoms with E-state index in [0.29, 0.717) is 6.54 Å². The van der Waals surface area contributed by atoms with Crippen molar-refractivity contribution >= 4 is 28.6 Å². The van der Waals surface area contributed by atoms with Gasteiger partial charge in [0.25, 0.3) is 0 Å². The van der Waals surface area contributed by atoms with Crippen LogP contribution in [0, 0.1) is 6.92 Å². The van der Waals surface area contributed by atoms with Crippen molar-refractivity contribution in [3.8, 4) is 16.3 Å². The van der Waals surface area contributed by atoms with Crippen molar-refractivity contribution in [2.45, 2.75) is 19.9 Å². The fraction of sp³-hybridized carbons (Fsp3) is 0.316. The van der Waals surface area contributed by atoms with Crippen LogP contribution in [0.5, 0.6) is 5.75 Å². The van der Waals surface area contributed by atoms with Crippen molar-refractivity contribution < 1.29 is 4.74 Å². The van der Waals surface area contributed by atoms with E-state index in [2.05, 4.69) is 32.9 Å². The Bertz CT molecular complexity index is 886. The first-order chi connectivity index (χ1) is 13.2. The number of benzene rings is 1. The maximum Gasteiger partial charge on any atom is 0.191 e. The Morgan fingerprint density at radius 3 is 2.70 bits per heavy atom. The molecule has 142 valence electrons. The Morgan fingerprint density at radius 1 is 1.22 bits per heavy atom. The van der Waals surface area contributed by atoms with E-state index < -0.39 is 0 Å². The molecule has 0 amide bonds. The van der Waals surface area contributed by atoms with Crippen LogP contribution in [0.3, 0.4) is 0 Å². The summed E-state index contributed by atoms with van der Waals surface area (Å²) in [6.07, 6.45) is 2.80. The molecule has 0 saturated carbocycles. The molecule has 0 spiro atoms. The predicted octanol–water partition coefficient (Wildman–Crippen LogP) is 3.49. The molecule has 0 aliphatic rings. The maximum absolute atomic E-state index is 5.20. The highest BCUT2D eigenvalue weighted by Crippen LogP contribution is 2.25. The Morgan fingerprint density at radius 2 is 2.04 bits per heavy atom. The van der Waals surface area contributed by atoms with Crippen LogP contribution in [0.15, 0.2) is 40.8 Å². The molecule has 3 aromatic rings. The van der Waals surface area contributed by atoms with E-state index in [1.165, 1.54) is 4.88 Å². The summed E-state index contributed by atoms with van der Waals surface area (Å²) >= 11 is 3.37. The number of nitrogens with one attached hydrogen (secondary N) is 2. The van der Waals surface area contributed by atoms with E-state index in [4.69, 9.17) is 9.72 Å². The zero-order chi connectivity index (χ0) is 19.1. The van der Waals surface area contributed by atoms with E-state index in [0.717, 1.165) is 45.9 Å². The van der Waals surface area contributed by atoms with Gasteiger partial charge in [0, 0.05) is 42.0 Å². The smallest absolute Gasteiger partial charge is 0.191 e. The van der Waals surface area contributed by atoms with Gasteiger partial charge in [-0.3, -0.25) is 4.99 Å². The Hall–Kier alpha value is -2.45. The number of methoxy groups -OCH3 is 1.